The molecule has 18 heavy (non-hydrogen) atoms. The average molecular weight is 297 g/mol. The van der Waals surface area contributed by atoms with Crippen molar-refractivity contribution >= 4 is 22.4 Å². The summed E-state index contributed by atoms with van der Waals surface area (Å²) in [4.78, 5) is -0.346. The molecule has 7 heteroatoms. The number of aryl methyl sites for hydroxylation is 1. The topological polar surface area (TPSA) is 72.2 Å². The minimum atomic E-state index is -3.85. The molecule has 0 aliphatic rings. The molecule has 4 nitrogen and oxygen atoms in total. The molecule has 1 aromatic carbocycles. The van der Waals surface area contributed by atoms with Gasteiger partial charge in [0, 0.05) is 12.1 Å². The Morgan fingerprint density at radius 3 is 2.44 bits per heavy atom. The Labute approximate surface area is 113 Å². The number of hydrogen-bond acceptors (Lipinski definition) is 3. The summed E-state index contributed by atoms with van der Waals surface area (Å²) in [6.07, 6.45) is 0. The zero-order chi connectivity index (χ0) is 13.3. The van der Waals surface area contributed by atoms with Crippen molar-refractivity contribution in [2.75, 3.05) is 6.54 Å². The van der Waals surface area contributed by atoms with E-state index in [9.17, 15) is 12.8 Å². The monoisotopic (exact) mass is 296 g/mol. The second kappa shape index (κ2) is 5.97. The lowest BCUT2D eigenvalue weighted by molar-refractivity contribution is 0.494. The molecule has 0 unspecified atom stereocenters. The number of nitrogens with one attached hydrogen (secondary N) is 1. The van der Waals surface area contributed by atoms with E-state index in [-0.39, 0.29) is 23.8 Å². The summed E-state index contributed by atoms with van der Waals surface area (Å²) in [7, 11) is -3.85. The lowest BCUT2D eigenvalue weighted by Crippen LogP contribution is -2.45. The average Bonchev–Trinajstić information content (AvgIpc) is 2.18. The summed E-state index contributed by atoms with van der Waals surface area (Å²) < 4.78 is 39.6. The van der Waals surface area contributed by atoms with Gasteiger partial charge in [-0.25, -0.2) is 17.5 Å². The van der Waals surface area contributed by atoms with Crippen LogP contribution in [0.5, 0.6) is 0 Å². The molecular formula is C11H18ClFN2O2S. The van der Waals surface area contributed by atoms with E-state index in [4.69, 9.17) is 5.73 Å². The molecule has 0 bridgehead atoms. The van der Waals surface area contributed by atoms with Crippen LogP contribution in [0, 0.1) is 12.7 Å². The van der Waals surface area contributed by atoms with Crippen LogP contribution in [-0.4, -0.2) is 20.5 Å². The van der Waals surface area contributed by atoms with Gasteiger partial charge in [-0.3, -0.25) is 0 Å². The van der Waals surface area contributed by atoms with E-state index in [0.29, 0.717) is 5.56 Å². The van der Waals surface area contributed by atoms with Gasteiger partial charge in [-0.15, -0.1) is 12.4 Å². The fraction of sp³-hybridized carbons (Fsp3) is 0.455. The molecule has 1 aromatic rings. The molecular weight excluding hydrogens is 279 g/mol. The van der Waals surface area contributed by atoms with E-state index < -0.39 is 21.4 Å². The fourth-order valence-electron chi connectivity index (χ4n) is 1.19. The predicted molar refractivity (Wildman–Crippen MR) is 71.8 cm³/mol. The van der Waals surface area contributed by atoms with Crippen LogP contribution in [0.15, 0.2) is 23.1 Å². The Bertz CT molecular complexity index is 512. The maximum atomic E-state index is 13.7. The summed E-state index contributed by atoms with van der Waals surface area (Å²) in [6, 6.07) is 4.25. The van der Waals surface area contributed by atoms with Crippen molar-refractivity contribution in [2.24, 2.45) is 5.73 Å². The largest absolute Gasteiger partial charge is 0.324 e. The van der Waals surface area contributed by atoms with Crippen molar-refractivity contribution in [2.45, 2.75) is 31.2 Å². The number of rotatable bonds is 4. The van der Waals surface area contributed by atoms with Crippen LogP contribution in [0.3, 0.4) is 0 Å². The van der Waals surface area contributed by atoms with Crippen molar-refractivity contribution in [3.05, 3.63) is 29.6 Å². The first-order valence-electron chi connectivity index (χ1n) is 5.17. The minimum absolute atomic E-state index is 0. The Balaban J connectivity index is 0.00000289. The number of sulfonamides is 1. The van der Waals surface area contributed by atoms with Gasteiger partial charge in [-0.2, -0.15) is 0 Å². The number of hydrogen-bond donors (Lipinski definition) is 2. The molecule has 104 valence electrons. The Morgan fingerprint density at radius 1 is 1.39 bits per heavy atom. The third kappa shape index (κ3) is 4.53. The van der Waals surface area contributed by atoms with Gasteiger partial charge < -0.3 is 5.73 Å². The van der Waals surface area contributed by atoms with E-state index in [1.807, 2.05) is 0 Å². The number of halogens is 2. The molecule has 0 aliphatic carbocycles. The Kier molecular flexibility index (Phi) is 5.74. The molecule has 0 amide bonds. The van der Waals surface area contributed by atoms with Crippen molar-refractivity contribution < 1.29 is 12.8 Å². The molecule has 0 radical (unpaired) electrons. The van der Waals surface area contributed by atoms with Crippen LogP contribution in [-0.2, 0) is 10.0 Å². The van der Waals surface area contributed by atoms with Crippen molar-refractivity contribution in [1.82, 2.24) is 4.72 Å². The van der Waals surface area contributed by atoms with E-state index in [2.05, 4.69) is 4.72 Å². The van der Waals surface area contributed by atoms with E-state index in [1.54, 1.807) is 13.8 Å². The highest BCUT2D eigenvalue weighted by Crippen LogP contribution is 2.17. The number of nitrogens with two attached hydrogens (primary N) is 1. The first-order valence-corrected chi connectivity index (χ1v) is 6.65. The highest BCUT2D eigenvalue weighted by Gasteiger charge is 2.22. The highest BCUT2D eigenvalue weighted by atomic mass is 35.5. The second-order valence-corrected chi connectivity index (χ2v) is 6.44. The number of benzene rings is 1. The predicted octanol–water partition coefficient (Wildman–Crippen LogP) is 1.57. The lowest BCUT2D eigenvalue weighted by Gasteiger charge is -2.19. The van der Waals surface area contributed by atoms with Gasteiger partial charge in [0.1, 0.15) is 10.7 Å². The second-order valence-electron chi connectivity index (χ2n) is 4.70. The van der Waals surface area contributed by atoms with Crippen LogP contribution in [0.2, 0.25) is 0 Å². The molecule has 0 saturated carbocycles. The van der Waals surface area contributed by atoms with Crippen molar-refractivity contribution in [1.29, 1.82) is 0 Å². The first-order chi connectivity index (χ1) is 7.63. The third-order valence-corrected chi connectivity index (χ3v) is 3.58. The van der Waals surface area contributed by atoms with E-state index in [1.165, 1.54) is 25.1 Å². The van der Waals surface area contributed by atoms with E-state index >= 15 is 0 Å². The van der Waals surface area contributed by atoms with Gasteiger partial charge >= 0.3 is 0 Å². The lowest BCUT2D eigenvalue weighted by atomic mass is 10.1. The van der Waals surface area contributed by atoms with Crippen LogP contribution in [0.25, 0.3) is 0 Å². The van der Waals surface area contributed by atoms with Crippen LogP contribution >= 0.6 is 12.4 Å². The SMILES string of the molecule is Cc1cccc(S(=O)(=O)NCC(C)(C)N)c1F.Cl. The van der Waals surface area contributed by atoms with Gasteiger partial charge in [0.2, 0.25) is 10.0 Å². The van der Waals surface area contributed by atoms with Gasteiger partial charge in [-0.1, -0.05) is 12.1 Å². The van der Waals surface area contributed by atoms with Gasteiger partial charge in [0.15, 0.2) is 0 Å². The molecule has 0 saturated heterocycles. The zero-order valence-corrected chi connectivity index (χ0v) is 12.2. The summed E-state index contributed by atoms with van der Waals surface area (Å²) in [5.74, 6) is -0.727. The molecule has 3 N–H and O–H groups in total. The third-order valence-electron chi connectivity index (χ3n) is 2.16. The minimum Gasteiger partial charge on any atom is -0.324 e. The summed E-state index contributed by atoms with van der Waals surface area (Å²) in [6.45, 7) is 4.92. The summed E-state index contributed by atoms with van der Waals surface area (Å²) in [5, 5.41) is 0. The first kappa shape index (κ1) is 17.3. The van der Waals surface area contributed by atoms with Crippen molar-refractivity contribution in [3.63, 3.8) is 0 Å². The molecule has 0 heterocycles. The van der Waals surface area contributed by atoms with Gasteiger partial charge in [-0.05, 0) is 32.4 Å². The maximum absolute atomic E-state index is 13.7. The highest BCUT2D eigenvalue weighted by molar-refractivity contribution is 7.89. The normalized spacial score (nSPS) is 12.1. The van der Waals surface area contributed by atoms with Gasteiger partial charge in [0.25, 0.3) is 0 Å². The van der Waals surface area contributed by atoms with E-state index in [0.717, 1.165) is 0 Å². The quantitative estimate of drug-likeness (QED) is 0.886. The molecule has 0 aromatic heterocycles. The zero-order valence-electron chi connectivity index (χ0n) is 10.5. The van der Waals surface area contributed by atoms with Gasteiger partial charge in [0.05, 0.1) is 0 Å². The molecule has 1 rings (SSSR count). The van der Waals surface area contributed by atoms with Crippen LogP contribution < -0.4 is 10.5 Å². The standard InChI is InChI=1S/C11H17FN2O2S.ClH/c1-8-5-4-6-9(10(8)12)17(15,16)14-7-11(2,3)13;/h4-6,14H,7,13H2,1-3H3;1H. The van der Waals surface area contributed by atoms with Crippen LogP contribution in [0.1, 0.15) is 19.4 Å². The maximum Gasteiger partial charge on any atom is 0.243 e. The molecule has 0 fully saturated rings. The smallest absolute Gasteiger partial charge is 0.243 e. The fourth-order valence-corrected chi connectivity index (χ4v) is 2.56. The summed E-state index contributed by atoms with van der Waals surface area (Å²) in [5.41, 5.74) is 5.27. The Morgan fingerprint density at radius 2 is 1.94 bits per heavy atom. The van der Waals surface area contributed by atoms with Crippen LogP contribution in [0.4, 0.5) is 4.39 Å². The Hall–Kier alpha value is -0.690. The molecule has 0 aliphatic heterocycles. The van der Waals surface area contributed by atoms with Crippen molar-refractivity contribution in [3.8, 4) is 0 Å². The molecule has 0 spiro atoms. The summed E-state index contributed by atoms with van der Waals surface area (Å²) >= 11 is 0. The molecule has 0 atom stereocenters.